The molecule has 1 heterocycles. The highest BCUT2D eigenvalue weighted by molar-refractivity contribution is 9.10. The van der Waals surface area contributed by atoms with Crippen molar-refractivity contribution >= 4 is 21.8 Å². The molecule has 1 aromatic heterocycles. The van der Waals surface area contributed by atoms with Crippen LogP contribution in [0.4, 0.5) is 0 Å². The van der Waals surface area contributed by atoms with Crippen LogP contribution in [0.25, 0.3) is 0 Å². The molecule has 1 aromatic carbocycles. The van der Waals surface area contributed by atoms with Crippen LogP contribution in [0.3, 0.4) is 0 Å². The molecule has 2 aromatic rings. The highest BCUT2D eigenvalue weighted by Gasteiger charge is 2.07. The average molecular weight is 336 g/mol. The van der Waals surface area contributed by atoms with E-state index in [-0.39, 0.29) is 5.84 Å². The normalized spacial score (nSPS) is 10.1. The van der Waals surface area contributed by atoms with Crippen molar-refractivity contribution in [2.45, 2.75) is 6.61 Å². The third-order valence-corrected chi connectivity index (χ3v) is 3.08. The van der Waals surface area contributed by atoms with E-state index in [0.717, 1.165) is 10.0 Å². The maximum atomic E-state index is 7.46. The second-order valence-electron chi connectivity index (χ2n) is 4.08. The molecule has 0 aliphatic carbocycles. The van der Waals surface area contributed by atoms with Crippen LogP contribution in [0.5, 0.6) is 11.5 Å². The predicted molar refractivity (Wildman–Crippen MR) is 80.3 cm³/mol. The molecule has 0 amide bonds. The maximum Gasteiger partial charge on any atom is 0.139 e. The molecule has 104 valence electrons. The van der Waals surface area contributed by atoms with Crippen molar-refractivity contribution in [1.82, 2.24) is 4.98 Å². The SMILES string of the molecule is COc1cc(COc2cncc(Br)c2)ccc1C(=N)N. The van der Waals surface area contributed by atoms with Gasteiger partial charge >= 0.3 is 0 Å². The lowest BCUT2D eigenvalue weighted by Gasteiger charge is -2.10. The lowest BCUT2D eigenvalue weighted by Crippen LogP contribution is -2.12. The first-order valence-corrected chi connectivity index (χ1v) is 6.64. The molecule has 0 radical (unpaired) electrons. The first-order valence-electron chi connectivity index (χ1n) is 5.85. The molecule has 0 atom stereocenters. The van der Waals surface area contributed by atoms with Gasteiger partial charge < -0.3 is 15.2 Å². The first kappa shape index (κ1) is 14.3. The zero-order valence-corrected chi connectivity index (χ0v) is 12.5. The van der Waals surface area contributed by atoms with Crippen molar-refractivity contribution in [2.75, 3.05) is 7.11 Å². The summed E-state index contributed by atoms with van der Waals surface area (Å²) in [6.45, 7) is 0.382. The van der Waals surface area contributed by atoms with Crippen molar-refractivity contribution in [3.05, 3.63) is 52.3 Å². The Kier molecular flexibility index (Phi) is 4.57. The molecule has 0 fully saturated rings. The van der Waals surface area contributed by atoms with E-state index in [4.69, 9.17) is 20.6 Å². The van der Waals surface area contributed by atoms with Crippen molar-refractivity contribution in [1.29, 1.82) is 5.41 Å². The van der Waals surface area contributed by atoms with E-state index < -0.39 is 0 Å². The van der Waals surface area contributed by atoms with Gasteiger partial charge in [-0.3, -0.25) is 10.4 Å². The van der Waals surface area contributed by atoms with E-state index in [1.807, 2.05) is 18.2 Å². The number of aromatic nitrogens is 1. The molecule has 6 heteroatoms. The summed E-state index contributed by atoms with van der Waals surface area (Å²) in [6, 6.07) is 7.25. The third-order valence-electron chi connectivity index (χ3n) is 2.64. The minimum absolute atomic E-state index is 0.0227. The van der Waals surface area contributed by atoms with Crippen LogP contribution in [0.15, 0.2) is 41.1 Å². The third kappa shape index (κ3) is 3.48. The number of nitrogens with two attached hydrogens (primary N) is 1. The largest absolute Gasteiger partial charge is 0.496 e. The van der Waals surface area contributed by atoms with Crippen LogP contribution in [0.1, 0.15) is 11.1 Å². The van der Waals surface area contributed by atoms with Gasteiger partial charge in [-0.2, -0.15) is 0 Å². The van der Waals surface area contributed by atoms with Gasteiger partial charge in [0.05, 0.1) is 18.9 Å². The van der Waals surface area contributed by atoms with E-state index >= 15 is 0 Å². The molecular weight excluding hydrogens is 322 g/mol. The van der Waals surface area contributed by atoms with Crippen molar-refractivity contribution in [3.8, 4) is 11.5 Å². The molecule has 0 aliphatic rings. The summed E-state index contributed by atoms with van der Waals surface area (Å²) in [4.78, 5) is 4.03. The molecule has 5 nitrogen and oxygen atoms in total. The van der Waals surface area contributed by atoms with Crippen LogP contribution in [-0.4, -0.2) is 17.9 Å². The van der Waals surface area contributed by atoms with Gasteiger partial charge in [-0.25, -0.2) is 0 Å². The maximum absolute atomic E-state index is 7.46. The second-order valence-corrected chi connectivity index (χ2v) is 4.99. The predicted octanol–water partition coefficient (Wildman–Crippen LogP) is 2.72. The lowest BCUT2D eigenvalue weighted by molar-refractivity contribution is 0.303. The van der Waals surface area contributed by atoms with Crippen LogP contribution in [-0.2, 0) is 6.61 Å². The average Bonchev–Trinajstić information content (AvgIpc) is 2.44. The molecule has 0 saturated heterocycles. The zero-order valence-electron chi connectivity index (χ0n) is 10.9. The number of pyridine rings is 1. The number of nitrogens with zero attached hydrogens (tertiary/aromatic N) is 1. The summed E-state index contributed by atoms with van der Waals surface area (Å²) >= 11 is 3.34. The summed E-state index contributed by atoms with van der Waals surface area (Å²) < 4.78 is 11.7. The lowest BCUT2D eigenvalue weighted by atomic mass is 10.1. The standard InChI is InChI=1S/C14H14BrN3O2/c1-19-13-4-9(2-3-12(13)14(16)17)8-20-11-5-10(15)6-18-7-11/h2-7H,8H2,1H3,(H3,16,17). The molecule has 0 spiro atoms. The van der Waals surface area contributed by atoms with Gasteiger partial charge in [0, 0.05) is 10.7 Å². The number of hydrogen-bond donors (Lipinski definition) is 2. The Balaban J connectivity index is 2.12. The number of methoxy groups -OCH3 is 1. The van der Waals surface area contributed by atoms with Gasteiger partial charge in [-0.05, 0) is 39.7 Å². The Morgan fingerprint density at radius 1 is 1.35 bits per heavy atom. The number of halogens is 1. The quantitative estimate of drug-likeness (QED) is 0.650. The topological polar surface area (TPSA) is 81.2 Å². The molecule has 0 unspecified atom stereocenters. The van der Waals surface area contributed by atoms with Gasteiger partial charge in [0.25, 0.3) is 0 Å². The molecule has 2 rings (SSSR count). The van der Waals surface area contributed by atoms with Crippen LogP contribution in [0, 0.1) is 5.41 Å². The number of ether oxygens (including phenoxy) is 2. The summed E-state index contributed by atoms with van der Waals surface area (Å²) in [5.41, 5.74) is 6.97. The Morgan fingerprint density at radius 3 is 2.80 bits per heavy atom. The fourth-order valence-electron chi connectivity index (χ4n) is 1.69. The molecule has 0 aliphatic heterocycles. The van der Waals surface area contributed by atoms with E-state index in [2.05, 4.69) is 20.9 Å². The summed E-state index contributed by atoms with van der Waals surface area (Å²) in [6.07, 6.45) is 3.34. The zero-order chi connectivity index (χ0) is 14.5. The van der Waals surface area contributed by atoms with Gasteiger partial charge in [-0.15, -0.1) is 0 Å². The number of nitrogen functional groups attached to an aromatic ring is 1. The molecule has 3 N–H and O–H groups in total. The highest BCUT2D eigenvalue weighted by Crippen LogP contribution is 2.22. The van der Waals surface area contributed by atoms with Crippen molar-refractivity contribution < 1.29 is 9.47 Å². The second kappa shape index (κ2) is 6.38. The monoisotopic (exact) mass is 335 g/mol. The van der Waals surface area contributed by atoms with Gasteiger partial charge in [-0.1, -0.05) is 6.07 Å². The van der Waals surface area contributed by atoms with E-state index in [1.54, 1.807) is 25.6 Å². The van der Waals surface area contributed by atoms with E-state index in [9.17, 15) is 0 Å². The Hall–Kier alpha value is -2.08. The Bertz CT molecular complexity index is 632. The van der Waals surface area contributed by atoms with Crippen LogP contribution < -0.4 is 15.2 Å². The minimum atomic E-state index is -0.0227. The van der Waals surface area contributed by atoms with Crippen LogP contribution >= 0.6 is 15.9 Å². The molecular formula is C14H14BrN3O2. The van der Waals surface area contributed by atoms with E-state index in [0.29, 0.717) is 23.7 Å². The minimum Gasteiger partial charge on any atom is -0.496 e. The number of hydrogen-bond acceptors (Lipinski definition) is 4. The molecule has 20 heavy (non-hydrogen) atoms. The first-order chi connectivity index (χ1) is 9.60. The van der Waals surface area contributed by atoms with E-state index in [1.165, 1.54) is 0 Å². The Labute approximate surface area is 125 Å². The van der Waals surface area contributed by atoms with Crippen molar-refractivity contribution in [2.24, 2.45) is 5.73 Å². The fraction of sp³-hybridized carbons (Fsp3) is 0.143. The molecule has 0 saturated carbocycles. The van der Waals surface area contributed by atoms with Gasteiger partial charge in [0.2, 0.25) is 0 Å². The smallest absolute Gasteiger partial charge is 0.139 e. The number of rotatable bonds is 5. The number of amidine groups is 1. The molecule has 0 bridgehead atoms. The summed E-state index contributed by atoms with van der Waals surface area (Å²) in [7, 11) is 1.55. The van der Waals surface area contributed by atoms with Crippen molar-refractivity contribution in [3.63, 3.8) is 0 Å². The number of benzene rings is 1. The van der Waals surface area contributed by atoms with Gasteiger partial charge in [0.1, 0.15) is 23.9 Å². The number of nitrogens with one attached hydrogen (secondary N) is 1. The Morgan fingerprint density at radius 2 is 2.15 bits per heavy atom. The fourth-order valence-corrected chi connectivity index (χ4v) is 2.03. The van der Waals surface area contributed by atoms with Crippen LogP contribution in [0.2, 0.25) is 0 Å². The van der Waals surface area contributed by atoms with Gasteiger partial charge in [0.15, 0.2) is 0 Å². The summed E-state index contributed by atoms with van der Waals surface area (Å²) in [5.74, 6) is 1.21. The highest BCUT2D eigenvalue weighted by atomic mass is 79.9. The summed E-state index contributed by atoms with van der Waals surface area (Å²) in [5, 5.41) is 7.46.